The minimum atomic E-state index is -0.0455. The van der Waals surface area contributed by atoms with Gasteiger partial charge in [0.2, 0.25) is 0 Å². The lowest BCUT2D eigenvalue weighted by molar-refractivity contribution is 0.0755. The molecule has 0 aromatic rings. The molecule has 1 aliphatic carbocycles. The molecule has 12 heavy (non-hydrogen) atoms. The molecule has 0 saturated carbocycles. The van der Waals surface area contributed by atoms with Gasteiger partial charge in [-0.1, -0.05) is 11.5 Å². The molecule has 0 spiro atoms. The van der Waals surface area contributed by atoms with Crippen molar-refractivity contribution in [3.63, 3.8) is 0 Å². The molecule has 1 nitrogen and oxygen atoms in total. The molecule has 2 rings (SSSR count). The van der Waals surface area contributed by atoms with Crippen LogP contribution >= 0.6 is 0 Å². The van der Waals surface area contributed by atoms with Crippen molar-refractivity contribution in [3.05, 3.63) is 22.9 Å². The molecule has 1 saturated heterocycles. The molecule has 0 N–H and O–H groups in total. The molecule has 2 heteroatoms. The van der Waals surface area contributed by atoms with Gasteiger partial charge in [-0.15, -0.1) is 0 Å². The third kappa shape index (κ3) is 1.19. The second kappa shape index (κ2) is 2.41. The average Bonchev–Trinajstić information content (AvgIpc) is 2.25. The zero-order valence-corrected chi connectivity index (χ0v) is 7.68. The van der Waals surface area contributed by atoms with Gasteiger partial charge in [0, 0.05) is 6.42 Å². The Labute approximate surface area is 74.9 Å². The lowest BCUT2D eigenvalue weighted by atomic mass is 9.83. The Kier molecular flexibility index (Phi) is 1.60. The Balaban J connectivity index is 2.37. The van der Waals surface area contributed by atoms with Gasteiger partial charge in [0.25, 0.3) is 0 Å². The van der Waals surface area contributed by atoms with Gasteiger partial charge >= 0.3 is 0 Å². The van der Waals surface area contributed by atoms with E-state index < -0.39 is 0 Å². The first-order valence-corrected chi connectivity index (χ1v) is 4.45. The summed E-state index contributed by atoms with van der Waals surface area (Å²) >= 11 is 0. The van der Waals surface area contributed by atoms with Gasteiger partial charge in [-0.05, 0) is 32.3 Å². The maximum atomic E-state index is 5.85. The van der Waals surface area contributed by atoms with E-state index in [1.807, 2.05) is 0 Å². The standard InChI is InChI=1S/C10H13BO/c1-10(2)6-7-4-3-5-8(11)9(7)12-10/h4H,3,5-6H2,1-2H3. The Bertz CT molecular complexity index is 274. The van der Waals surface area contributed by atoms with Crippen molar-refractivity contribution in [2.24, 2.45) is 0 Å². The van der Waals surface area contributed by atoms with Crippen LogP contribution in [-0.4, -0.2) is 13.4 Å². The summed E-state index contributed by atoms with van der Waals surface area (Å²) < 4.78 is 5.75. The molecule has 1 aliphatic heterocycles. The van der Waals surface area contributed by atoms with Crippen LogP contribution < -0.4 is 0 Å². The molecule has 0 aromatic carbocycles. The van der Waals surface area contributed by atoms with Gasteiger partial charge in [0.15, 0.2) is 0 Å². The molecule has 1 heterocycles. The highest BCUT2D eigenvalue weighted by Gasteiger charge is 2.34. The summed E-state index contributed by atoms with van der Waals surface area (Å²) in [6, 6.07) is 0. The van der Waals surface area contributed by atoms with E-state index in [0.29, 0.717) is 0 Å². The van der Waals surface area contributed by atoms with Gasteiger partial charge < -0.3 is 4.74 Å². The minimum Gasteiger partial charge on any atom is -0.488 e. The van der Waals surface area contributed by atoms with Crippen LogP contribution in [0, 0.1) is 0 Å². The SMILES string of the molecule is [B]C1=C2OC(C)(C)CC2=CCC1. The van der Waals surface area contributed by atoms with Crippen LogP contribution in [0.2, 0.25) is 0 Å². The normalized spacial score (nSPS) is 26.3. The van der Waals surface area contributed by atoms with Crippen molar-refractivity contribution in [2.75, 3.05) is 0 Å². The van der Waals surface area contributed by atoms with Crippen molar-refractivity contribution >= 4 is 7.85 Å². The molecule has 2 aliphatic rings. The zero-order chi connectivity index (χ0) is 8.77. The second-order valence-corrected chi connectivity index (χ2v) is 4.16. The lowest BCUT2D eigenvalue weighted by Gasteiger charge is -2.18. The smallest absolute Gasteiger partial charge is 0.112 e. The quantitative estimate of drug-likeness (QED) is 0.494. The maximum absolute atomic E-state index is 5.85. The number of hydrogen-bond donors (Lipinski definition) is 0. The van der Waals surface area contributed by atoms with E-state index in [1.54, 1.807) is 0 Å². The van der Waals surface area contributed by atoms with Gasteiger partial charge in [-0.25, -0.2) is 0 Å². The summed E-state index contributed by atoms with van der Waals surface area (Å²) in [5.41, 5.74) is 2.19. The van der Waals surface area contributed by atoms with Crippen LogP contribution in [-0.2, 0) is 4.74 Å². The number of fused-ring (bicyclic) bond motifs is 1. The van der Waals surface area contributed by atoms with Crippen LogP contribution in [0.3, 0.4) is 0 Å². The van der Waals surface area contributed by atoms with Crippen LogP contribution in [0.15, 0.2) is 22.9 Å². The first kappa shape index (κ1) is 7.97. The van der Waals surface area contributed by atoms with Crippen molar-refractivity contribution < 1.29 is 4.74 Å². The number of hydrogen-bond acceptors (Lipinski definition) is 1. The highest BCUT2D eigenvalue weighted by Crippen LogP contribution is 2.40. The Hall–Kier alpha value is -0.655. The number of allylic oxidation sites excluding steroid dienone is 3. The van der Waals surface area contributed by atoms with E-state index >= 15 is 0 Å². The zero-order valence-electron chi connectivity index (χ0n) is 7.68. The monoisotopic (exact) mass is 160 g/mol. The second-order valence-electron chi connectivity index (χ2n) is 4.16. The summed E-state index contributed by atoms with van der Waals surface area (Å²) in [6.07, 6.45) is 5.28. The highest BCUT2D eigenvalue weighted by molar-refractivity contribution is 6.22. The van der Waals surface area contributed by atoms with Crippen LogP contribution in [0.4, 0.5) is 0 Å². The fraction of sp³-hybridized carbons (Fsp3) is 0.600. The van der Waals surface area contributed by atoms with Crippen molar-refractivity contribution in [3.8, 4) is 0 Å². The van der Waals surface area contributed by atoms with Crippen molar-refractivity contribution in [1.82, 2.24) is 0 Å². The number of ether oxygens (including phenoxy) is 1. The molecule has 0 amide bonds. The minimum absolute atomic E-state index is 0.0455. The van der Waals surface area contributed by atoms with E-state index in [9.17, 15) is 0 Å². The summed E-state index contributed by atoms with van der Waals surface area (Å²) in [6.45, 7) is 4.21. The van der Waals surface area contributed by atoms with Gasteiger partial charge in [0.1, 0.15) is 19.2 Å². The molecule has 0 bridgehead atoms. The molecular weight excluding hydrogens is 147 g/mol. The van der Waals surface area contributed by atoms with Gasteiger partial charge in [-0.2, -0.15) is 0 Å². The largest absolute Gasteiger partial charge is 0.488 e. The molecule has 62 valence electrons. The molecule has 2 radical (unpaired) electrons. The first-order valence-electron chi connectivity index (χ1n) is 4.45. The van der Waals surface area contributed by atoms with E-state index in [0.717, 1.165) is 30.5 Å². The Morgan fingerprint density at radius 1 is 1.50 bits per heavy atom. The van der Waals surface area contributed by atoms with E-state index in [-0.39, 0.29) is 5.60 Å². The predicted octanol–water partition coefficient (Wildman–Crippen LogP) is 2.29. The number of rotatable bonds is 0. The Morgan fingerprint density at radius 2 is 2.25 bits per heavy atom. The third-order valence-electron chi connectivity index (χ3n) is 2.38. The first-order chi connectivity index (χ1) is 5.58. The van der Waals surface area contributed by atoms with E-state index in [4.69, 9.17) is 12.6 Å². The van der Waals surface area contributed by atoms with Gasteiger partial charge in [-0.3, -0.25) is 0 Å². The molecule has 0 atom stereocenters. The predicted molar refractivity (Wildman–Crippen MR) is 49.9 cm³/mol. The molecule has 0 unspecified atom stereocenters. The third-order valence-corrected chi connectivity index (χ3v) is 2.38. The summed E-state index contributed by atoms with van der Waals surface area (Å²) in [5.74, 6) is 0.964. The maximum Gasteiger partial charge on any atom is 0.112 e. The van der Waals surface area contributed by atoms with E-state index in [1.165, 1.54) is 5.57 Å². The summed E-state index contributed by atoms with van der Waals surface area (Å²) in [4.78, 5) is 0. The molecule has 1 fully saturated rings. The van der Waals surface area contributed by atoms with Crippen LogP contribution in [0.5, 0.6) is 0 Å². The summed E-state index contributed by atoms with van der Waals surface area (Å²) in [5, 5.41) is 0. The van der Waals surface area contributed by atoms with Crippen molar-refractivity contribution in [1.29, 1.82) is 0 Å². The topological polar surface area (TPSA) is 9.23 Å². The van der Waals surface area contributed by atoms with E-state index in [2.05, 4.69) is 19.9 Å². The highest BCUT2D eigenvalue weighted by atomic mass is 16.5. The molecular formula is C10H13BO. The molecule has 0 aromatic heterocycles. The average molecular weight is 160 g/mol. The fourth-order valence-electron chi connectivity index (χ4n) is 1.87. The van der Waals surface area contributed by atoms with Crippen LogP contribution in [0.25, 0.3) is 0 Å². The van der Waals surface area contributed by atoms with Crippen molar-refractivity contribution in [2.45, 2.75) is 38.7 Å². The lowest BCUT2D eigenvalue weighted by Crippen LogP contribution is -2.16. The van der Waals surface area contributed by atoms with Crippen LogP contribution in [0.1, 0.15) is 33.1 Å². The Morgan fingerprint density at radius 3 is 2.92 bits per heavy atom. The van der Waals surface area contributed by atoms with Gasteiger partial charge in [0.05, 0.1) is 0 Å². The summed E-state index contributed by atoms with van der Waals surface area (Å²) in [7, 11) is 5.85. The fourth-order valence-corrected chi connectivity index (χ4v) is 1.87.